The molecule has 14 heteroatoms. The first-order valence-corrected chi connectivity index (χ1v) is 20.0. The number of halogens is 7. The number of benzene rings is 4. The first-order valence-electron chi connectivity index (χ1n) is 12.5. The van der Waals surface area contributed by atoms with Gasteiger partial charge in [-0.1, -0.05) is 122 Å². The number of hydrazine groups is 1. The SMILES string of the molecule is C.Cc1ccccc1/C(Cl)=N/N=C(\Cl)c1ccccc1.Cc1ccccc1C(=O)NNC(=O)c1ccccc1.ClP(Cl)(Cl)(Cl)Cl. The molecule has 0 aliphatic heterocycles. The predicted molar refractivity (Wildman–Crippen MR) is 198 cm³/mol. The van der Waals surface area contributed by atoms with Crippen LogP contribution in [0.2, 0.25) is 0 Å². The molecule has 4 rings (SSSR count). The van der Waals surface area contributed by atoms with Crippen molar-refractivity contribution in [2.75, 3.05) is 0 Å². The van der Waals surface area contributed by atoms with Crippen molar-refractivity contribution in [2.24, 2.45) is 10.2 Å². The summed E-state index contributed by atoms with van der Waals surface area (Å²) < 4.78 is -3.69. The zero-order valence-corrected chi connectivity index (χ0v) is 29.4. The summed E-state index contributed by atoms with van der Waals surface area (Å²) >= 11 is 37.1. The second-order valence-corrected chi connectivity index (χ2v) is 26.0. The van der Waals surface area contributed by atoms with E-state index in [1.54, 1.807) is 36.4 Å². The van der Waals surface area contributed by atoms with E-state index in [4.69, 9.17) is 79.4 Å². The van der Waals surface area contributed by atoms with Crippen molar-refractivity contribution < 1.29 is 9.59 Å². The molecule has 0 saturated heterocycles. The van der Waals surface area contributed by atoms with E-state index < -0.39 is 3.37 Å². The van der Waals surface area contributed by atoms with Gasteiger partial charge in [0, 0.05) is 22.3 Å². The van der Waals surface area contributed by atoms with E-state index in [9.17, 15) is 9.59 Å². The molecule has 2 N–H and O–H groups in total. The fourth-order valence-corrected chi connectivity index (χ4v) is 3.66. The molecule has 45 heavy (non-hydrogen) atoms. The van der Waals surface area contributed by atoms with Crippen molar-refractivity contribution in [1.82, 2.24) is 10.9 Å². The second-order valence-electron chi connectivity index (χ2n) is 8.69. The Morgan fingerprint density at radius 2 is 0.889 bits per heavy atom. The summed E-state index contributed by atoms with van der Waals surface area (Å²) in [5, 5.41) is 8.56. The standard InChI is InChI=1S/C15H12Cl2N2.C15H14N2O2.CH4.Cl5P/c1-11-7-5-6-10-13(11)15(17)19-18-14(16)12-8-3-2-4-9-12;1-11-7-5-6-10-13(11)15(19)17-16-14(18)12-8-3-2-4-9-12;;1-6(2,3,4)5/h2-10H,1H3;2-10H,1H3,(H,16,18)(H,17,19);1H4;/b18-14-,19-15-;;;. The minimum atomic E-state index is -3.69. The Morgan fingerprint density at radius 3 is 1.36 bits per heavy atom. The van der Waals surface area contributed by atoms with Gasteiger partial charge in [-0.05, 0) is 43.2 Å². The Balaban J connectivity index is 0.000000375. The van der Waals surface area contributed by atoms with Crippen molar-refractivity contribution in [2.45, 2.75) is 21.3 Å². The number of aryl methyl sites for hydroxylation is 2. The zero-order valence-electron chi connectivity index (χ0n) is 23.2. The van der Waals surface area contributed by atoms with E-state index in [0.29, 0.717) is 21.5 Å². The third kappa shape index (κ3) is 17.2. The van der Waals surface area contributed by atoms with E-state index in [2.05, 4.69) is 21.1 Å². The molecule has 4 aromatic carbocycles. The van der Waals surface area contributed by atoms with Crippen LogP contribution in [-0.2, 0) is 0 Å². The molecule has 6 nitrogen and oxygen atoms in total. The number of amides is 2. The predicted octanol–water partition coefficient (Wildman–Crippen LogP) is 11.6. The van der Waals surface area contributed by atoms with E-state index in [1.165, 1.54) is 0 Å². The van der Waals surface area contributed by atoms with Gasteiger partial charge in [0.25, 0.3) is 11.8 Å². The first kappa shape index (κ1) is 40.6. The molecule has 0 aromatic heterocycles. The molecule has 0 aliphatic carbocycles. The van der Waals surface area contributed by atoms with Crippen LogP contribution in [0.5, 0.6) is 0 Å². The van der Waals surface area contributed by atoms with E-state index >= 15 is 0 Å². The summed E-state index contributed by atoms with van der Waals surface area (Å²) in [6.45, 7) is 3.81. The third-order valence-corrected chi connectivity index (χ3v) is 5.89. The topological polar surface area (TPSA) is 82.9 Å². The van der Waals surface area contributed by atoms with Gasteiger partial charge in [-0.25, -0.2) is 0 Å². The Hall–Kier alpha value is -2.38. The minimum absolute atomic E-state index is 0. The van der Waals surface area contributed by atoms with E-state index in [1.807, 2.05) is 86.6 Å². The van der Waals surface area contributed by atoms with Crippen LogP contribution in [-0.4, -0.2) is 22.2 Å². The number of rotatable bonds is 5. The average Bonchev–Trinajstić information content (AvgIpc) is 2.99. The Kier molecular flexibility index (Phi) is 17.4. The summed E-state index contributed by atoms with van der Waals surface area (Å²) in [4.78, 5) is 23.6. The van der Waals surface area contributed by atoms with Crippen LogP contribution in [0.25, 0.3) is 0 Å². The van der Waals surface area contributed by atoms with Crippen molar-refractivity contribution in [1.29, 1.82) is 0 Å². The van der Waals surface area contributed by atoms with Crippen LogP contribution in [0.15, 0.2) is 119 Å². The summed E-state index contributed by atoms with van der Waals surface area (Å²) in [5.41, 5.74) is 9.38. The van der Waals surface area contributed by atoms with Crippen molar-refractivity contribution in [3.63, 3.8) is 0 Å². The molecule has 0 radical (unpaired) electrons. The normalized spacial score (nSPS) is 12.0. The number of carbonyl (C=O) groups is 2. The summed E-state index contributed by atoms with van der Waals surface area (Å²) in [7, 11) is 0. The van der Waals surface area contributed by atoms with Crippen LogP contribution in [0.1, 0.15) is 50.4 Å². The van der Waals surface area contributed by atoms with Crippen LogP contribution < -0.4 is 10.9 Å². The molecule has 0 atom stereocenters. The molecule has 0 heterocycles. The molecule has 0 spiro atoms. The third-order valence-electron chi connectivity index (χ3n) is 5.32. The van der Waals surface area contributed by atoms with Gasteiger partial charge in [0.15, 0.2) is 10.3 Å². The number of hydrogen-bond donors (Lipinski definition) is 2. The van der Waals surface area contributed by atoms with Crippen LogP contribution in [0, 0.1) is 13.8 Å². The van der Waals surface area contributed by atoms with Gasteiger partial charge in [-0.2, -0.15) is 0 Å². The zero-order chi connectivity index (χ0) is 32.8. The van der Waals surface area contributed by atoms with Crippen LogP contribution in [0.3, 0.4) is 0 Å². The monoisotopic (exact) mass is 766 g/mol. The molecule has 4 aromatic rings. The number of hydrogen-bond acceptors (Lipinski definition) is 4. The quantitative estimate of drug-likeness (QED) is 0.120. The van der Waals surface area contributed by atoms with Crippen LogP contribution >= 0.6 is 82.8 Å². The molecule has 2 amide bonds. The number of nitrogens with one attached hydrogen (secondary N) is 2. The second kappa shape index (κ2) is 19.3. The van der Waals surface area contributed by atoms with E-state index in [-0.39, 0.29) is 19.2 Å². The van der Waals surface area contributed by atoms with Gasteiger partial charge in [-0.15, -0.1) is 10.2 Å². The molecule has 0 bridgehead atoms. The van der Waals surface area contributed by atoms with Gasteiger partial charge in [0.05, 0.1) is 0 Å². The van der Waals surface area contributed by atoms with Gasteiger partial charge >= 0.3 is 59.6 Å². The van der Waals surface area contributed by atoms with Gasteiger partial charge in [-0.3, -0.25) is 20.4 Å². The number of nitrogens with zero attached hydrogens (tertiary/aromatic N) is 2. The molecule has 0 saturated carbocycles. The Morgan fingerprint density at radius 1 is 0.533 bits per heavy atom. The molecular formula is C31H30Cl7N4O2P. The summed E-state index contributed by atoms with van der Waals surface area (Å²) in [6.07, 6.45) is 0. The van der Waals surface area contributed by atoms with Gasteiger partial charge in [0.2, 0.25) is 0 Å². The Bertz CT molecular complexity index is 1600. The number of carbonyl (C=O) groups excluding carboxylic acids is 2. The molecule has 0 fully saturated rings. The summed E-state index contributed by atoms with van der Waals surface area (Å²) in [5.74, 6) is -0.676. The fourth-order valence-electron chi connectivity index (χ4n) is 3.25. The van der Waals surface area contributed by atoms with E-state index in [0.717, 1.165) is 22.3 Å². The van der Waals surface area contributed by atoms with Crippen LogP contribution in [0.4, 0.5) is 0 Å². The van der Waals surface area contributed by atoms with Gasteiger partial charge < -0.3 is 0 Å². The first-order chi connectivity index (χ1) is 20.6. The Labute approximate surface area is 297 Å². The molecular weight excluding hydrogens is 740 g/mol. The maximum atomic E-state index is 11.9. The maximum absolute atomic E-state index is 11.9. The van der Waals surface area contributed by atoms with Crippen molar-refractivity contribution in [3.8, 4) is 0 Å². The molecule has 0 aliphatic rings. The van der Waals surface area contributed by atoms with Gasteiger partial charge in [0.1, 0.15) is 0 Å². The molecule has 0 unspecified atom stereocenters. The summed E-state index contributed by atoms with van der Waals surface area (Å²) in [6, 6.07) is 33.0. The molecule has 240 valence electrons. The van der Waals surface area contributed by atoms with Crippen molar-refractivity contribution >= 4 is 105 Å². The van der Waals surface area contributed by atoms with Crippen molar-refractivity contribution in [3.05, 3.63) is 143 Å². The average molecular weight is 770 g/mol. The fraction of sp³-hybridized carbons (Fsp3) is 0.0968.